The number of carboxylic acids is 1. The third kappa shape index (κ3) is 5.87. The molecule has 13 heteroatoms. The molecule has 39 heavy (non-hydrogen) atoms. The van der Waals surface area contributed by atoms with E-state index in [1.54, 1.807) is 12.1 Å². The number of hydrogen-bond donors (Lipinski definition) is 2. The highest BCUT2D eigenvalue weighted by Gasteiger charge is 2.35. The van der Waals surface area contributed by atoms with Gasteiger partial charge in [0.15, 0.2) is 16.6 Å². The van der Waals surface area contributed by atoms with Crippen molar-refractivity contribution in [2.45, 2.75) is 6.61 Å². The number of carbonyl (C=O) groups excluding carboxylic acids is 2. The number of amides is 2. The van der Waals surface area contributed by atoms with Crippen LogP contribution in [0.15, 0.2) is 66.2 Å². The van der Waals surface area contributed by atoms with E-state index in [1.807, 2.05) is 0 Å². The summed E-state index contributed by atoms with van der Waals surface area (Å²) >= 11 is 11.6. The second kappa shape index (κ2) is 11.3. The van der Waals surface area contributed by atoms with E-state index in [0.717, 1.165) is 4.90 Å². The molecule has 2 N–H and O–H groups in total. The molecule has 3 aromatic rings. The first kappa shape index (κ1) is 27.2. The number of nitrogens with one attached hydrogen (secondary N) is 1. The Morgan fingerprint density at radius 1 is 1.18 bits per heavy atom. The summed E-state index contributed by atoms with van der Waals surface area (Å²) in [5, 5.41) is 22.5. The van der Waals surface area contributed by atoms with Crippen LogP contribution in [-0.2, 0) is 16.2 Å². The number of anilines is 1. The number of aromatic carboxylic acids is 1. The third-order valence-electron chi connectivity index (χ3n) is 5.55. The van der Waals surface area contributed by atoms with Crippen molar-refractivity contribution in [3.8, 4) is 11.5 Å². The molecule has 0 spiro atoms. The first-order valence-corrected chi connectivity index (χ1v) is 11.9. The van der Waals surface area contributed by atoms with Crippen molar-refractivity contribution in [3.05, 3.63) is 98.1 Å². The van der Waals surface area contributed by atoms with E-state index in [4.69, 9.17) is 33.3 Å². The number of benzene rings is 3. The standard InChI is InChI=1S/C26H18ClN3O8S/c1-37-21-11-15(10-20(27)22(21)38-13-14-5-7-17(8-6-14)30(35)36)9-19-23(31)28-26(39)29(24(19)32)18-4-2-3-16(12-18)25(33)34/h2-12H,13H2,1H3,(H,33,34)(H,28,31,39). The molecule has 1 fully saturated rings. The number of thiocarbonyl (C=S) groups is 1. The molecule has 1 aliphatic heterocycles. The van der Waals surface area contributed by atoms with Crippen molar-refractivity contribution in [2.24, 2.45) is 0 Å². The Bertz CT molecular complexity index is 1560. The van der Waals surface area contributed by atoms with Crippen LogP contribution in [0.5, 0.6) is 11.5 Å². The van der Waals surface area contributed by atoms with Gasteiger partial charge >= 0.3 is 5.97 Å². The number of ether oxygens (including phenoxy) is 2. The predicted molar refractivity (Wildman–Crippen MR) is 145 cm³/mol. The lowest BCUT2D eigenvalue weighted by atomic mass is 10.1. The Balaban J connectivity index is 1.62. The van der Waals surface area contributed by atoms with Gasteiger partial charge in [-0.2, -0.15) is 0 Å². The molecule has 1 saturated heterocycles. The minimum absolute atomic E-state index is 0.0389. The number of carboxylic acid groups (broad SMARTS) is 1. The summed E-state index contributed by atoms with van der Waals surface area (Å²) in [6.07, 6.45) is 1.29. The summed E-state index contributed by atoms with van der Waals surface area (Å²) in [4.78, 5) is 48.7. The van der Waals surface area contributed by atoms with Gasteiger partial charge in [0.25, 0.3) is 17.5 Å². The highest BCUT2D eigenvalue weighted by molar-refractivity contribution is 7.80. The average molecular weight is 568 g/mol. The van der Waals surface area contributed by atoms with Crippen LogP contribution in [0.2, 0.25) is 5.02 Å². The Labute approximate surface area is 231 Å². The van der Waals surface area contributed by atoms with E-state index >= 15 is 0 Å². The lowest BCUT2D eigenvalue weighted by Crippen LogP contribution is -2.54. The van der Waals surface area contributed by atoms with Gasteiger partial charge in [-0.05, 0) is 71.9 Å². The number of methoxy groups -OCH3 is 1. The predicted octanol–water partition coefficient (Wildman–Crippen LogP) is 4.37. The number of nitro benzene ring substituents is 1. The van der Waals surface area contributed by atoms with Gasteiger partial charge in [0.1, 0.15) is 12.2 Å². The van der Waals surface area contributed by atoms with E-state index < -0.39 is 22.7 Å². The second-order valence-electron chi connectivity index (χ2n) is 8.06. The second-order valence-corrected chi connectivity index (χ2v) is 8.85. The van der Waals surface area contributed by atoms with Crippen molar-refractivity contribution in [3.63, 3.8) is 0 Å². The van der Waals surface area contributed by atoms with E-state index in [1.165, 1.54) is 61.7 Å². The molecule has 0 aromatic heterocycles. The smallest absolute Gasteiger partial charge is 0.335 e. The number of nitro groups is 1. The summed E-state index contributed by atoms with van der Waals surface area (Å²) < 4.78 is 11.2. The number of non-ortho nitro benzene ring substituents is 1. The van der Waals surface area contributed by atoms with Crippen molar-refractivity contribution in [2.75, 3.05) is 12.0 Å². The van der Waals surface area contributed by atoms with Crippen molar-refractivity contribution >= 4 is 64.2 Å². The van der Waals surface area contributed by atoms with Crippen LogP contribution in [0.4, 0.5) is 11.4 Å². The summed E-state index contributed by atoms with van der Waals surface area (Å²) in [6.45, 7) is 0.0389. The van der Waals surface area contributed by atoms with Crippen LogP contribution in [-0.4, -0.2) is 40.0 Å². The van der Waals surface area contributed by atoms with Crippen molar-refractivity contribution in [1.29, 1.82) is 0 Å². The Morgan fingerprint density at radius 2 is 1.90 bits per heavy atom. The Hall–Kier alpha value is -4.81. The molecule has 2 amide bonds. The molecule has 1 aliphatic rings. The molecule has 1 heterocycles. The number of halogens is 1. The van der Waals surface area contributed by atoms with Crippen LogP contribution >= 0.6 is 23.8 Å². The Kier molecular flexibility index (Phi) is 7.88. The van der Waals surface area contributed by atoms with Gasteiger partial charge in [-0.3, -0.25) is 29.9 Å². The zero-order valence-electron chi connectivity index (χ0n) is 20.0. The summed E-state index contributed by atoms with van der Waals surface area (Å²) in [6, 6.07) is 14.3. The fraction of sp³-hybridized carbons (Fsp3) is 0.0769. The lowest BCUT2D eigenvalue weighted by Gasteiger charge is -2.29. The van der Waals surface area contributed by atoms with Gasteiger partial charge in [-0.1, -0.05) is 17.7 Å². The van der Waals surface area contributed by atoms with E-state index in [9.17, 15) is 29.6 Å². The largest absolute Gasteiger partial charge is 0.493 e. The van der Waals surface area contributed by atoms with Crippen LogP contribution in [0.1, 0.15) is 21.5 Å². The van der Waals surface area contributed by atoms with Gasteiger partial charge in [-0.15, -0.1) is 0 Å². The van der Waals surface area contributed by atoms with Gasteiger partial charge < -0.3 is 14.6 Å². The first-order chi connectivity index (χ1) is 18.6. The van der Waals surface area contributed by atoms with Crippen LogP contribution in [0.3, 0.4) is 0 Å². The summed E-state index contributed by atoms with van der Waals surface area (Å²) in [5.41, 5.74) is 0.763. The van der Waals surface area contributed by atoms with Crippen LogP contribution in [0.25, 0.3) is 6.08 Å². The molecule has 3 aromatic carbocycles. The molecule has 4 rings (SSSR count). The fourth-order valence-electron chi connectivity index (χ4n) is 3.67. The highest BCUT2D eigenvalue weighted by atomic mass is 35.5. The van der Waals surface area contributed by atoms with E-state index in [2.05, 4.69) is 5.32 Å². The number of rotatable bonds is 8. The van der Waals surface area contributed by atoms with Crippen LogP contribution < -0.4 is 19.7 Å². The minimum atomic E-state index is -1.19. The van der Waals surface area contributed by atoms with Gasteiger partial charge in [0, 0.05) is 12.1 Å². The van der Waals surface area contributed by atoms with E-state index in [0.29, 0.717) is 11.1 Å². The molecular formula is C26H18ClN3O8S. The first-order valence-electron chi connectivity index (χ1n) is 11.1. The third-order valence-corrected chi connectivity index (χ3v) is 6.11. The molecule has 0 aliphatic carbocycles. The molecule has 198 valence electrons. The number of hydrogen-bond acceptors (Lipinski definition) is 8. The Morgan fingerprint density at radius 3 is 2.54 bits per heavy atom. The van der Waals surface area contributed by atoms with Gasteiger partial charge in [0.2, 0.25) is 0 Å². The van der Waals surface area contributed by atoms with Crippen molar-refractivity contribution < 1.29 is 33.9 Å². The van der Waals surface area contributed by atoms with Gasteiger partial charge in [0.05, 0.1) is 28.3 Å². The van der Waals surface area contributed by atoms with Crippen LogP contribution in [0, 0.1) is 10.1 Å². The molecule has 0 atom stereocenters. The van der Waals surface area contributed by atoms with Crippen molar-refractivity contribution in [1.82, 2.24) is 5.32 Å². The maximum Gasteiger partial charge on any atom is 0.335 e. The molecule has 0 saturated carbocycles. The molecular weight excluding hydrogens is 550 g/mol. The minimum Gasteiger partial charge on any atom is -0.493 e. The topological polar surface area (TPSA) is 148 Å². The van der Waals surface area contributed by atoms with E-state index in [-0.39, 0.29) is 50.8 Å². The average Bonchev–Trinajstić information content (AvgIpc) is 2.90. The number of carbonyl (C=O) groups is 3. The monoisotopic (exact) mass is 567 g/mol. The fourth-order valence-corrected chi connectivity index (χ4v) is 4.22. The zero-order valence-corrected chi connectivity index (χ0v) is 21.6. The molecule has 0 radical (unpaired) electrons. The number of nitrogens with zero attached hydrogens (tertiary/aromatic N) is 2. The zero-order chi connectivity index (χ0) is 28.3. The normalized spacial score (nSPS) is 14.3. The molecule has 0 unspecified atom stereocenters. The maximum absolute atomic E-state index is 13.3. The summed E-state index contributed by atoms with van der Waals surface area (Å²) in [7, 11) is 1.38. The SMILES string of the molecule is COc1cc(C=C2C(=O)NC(=S)N(c3cccc(C(=O)O)c3)C2=O)cc(Cl)c1OCc1ccc([N+](=O)[O-])cc1. The maximum atomic E-state index is 13.3. The molecule has 11 nitrogen and oxygen atoms in total. The quantitative estimate of drug-likeness (QED) is 0.133. The molecule has 0 bridgehead atoms. The van der Waals surface area contributed by atoms with Gasteiger partial charge in [-0.25, -0.2) is 4.79 Å². The lowest BCUT2D eigenvalue weighted by molar-refractivity contribution is -0.384. The summed E-state index contributed by atoms with van der Waals surface area (Å²) in [5.74, 6) is -2.30. The highest BCUT2D eigenvalue weighted by Crippen LogP contribution is 2.38.